The summed E-state index contributed by atoms with van der Waals surface area (Å²) in [6, 6.07) is 15.3. The van der Waals surface area contributed by atoms with Crippen LogP contribution in [0.3, 0.4) is 0 Å². The van der Waals surface area contributed by atoms with Crippen molar-refractivity contribution in [3.63, 3.8) is 0 Å². The number of carbonyl (C=O) groups is 2. The highest BCUT2D eigenvalue weighted by molar-refractivity contribution is 5.95. The number of carbonyl (C=O) groups excluding carboxylic acids is 2. The van der Waals surface area contributed by atoms with Crippen molar-refractivity contribution < 1.29 is 14.3 Å². The molecule has 0 N–H and O–H groups in total. The van der Waals surface area contributed by atoms with Crippen molar-refractivity contribution in [3.8, 4) is 5.75 Å². The molecule has 2 aliphatic heterocycles. The summed E-state index contributed by atoms with van der Waals surface area (Å²) >= 11 is 0. The Hall–Kier alpha value is -2.82. The van der Waals surface area contributed by atoms with E-state index in [9.17, 15) is 9.59 Å². The highest BCUT2D eigenvalue weighted by Crippen LogP contribution is 2.22. The number of hydrogen-bond donors (Lipinski definition) is 0. The Balaban J connectivity index is 1.33. The average molecular weight is 421 g/mol. The zero-order valence-electron chi connectivity index (χ0n) is 18.4. The van der Waals surface area contributed by atoms with E-state index in [4.69, 9.17) is 4.74 Å². The van der Waals surface area contributed by atoms with Crippen LogP contribution in [-0.4, -0.2) is 54.4 Å². The zero-order valence-corrected chi connectivity index (χ0v) is 18.4. The number of hydrogen-bond acceptors (Lipinski definition) is 3. The standard InChI is InChI=1S/C26H32N2O3/c1-20-8-5-10-22(16-20)26(30)28-15-7-9-21(18-28)19-31-24-12-6-11-23(17-24)25(29)27-13-3-2-4-14-27/h5-6,8,10-12,16-17,21H,2-4,7,9,13-15,18-19H2,1H3/t21-/m0/s1. The molecule has 2 fully saturated rings. The molecule has 5 nitrogen and oxygen atoms in total. The summed E-state index contributed by atoms with van der Waals surface area (Å²) in [6.45, 7) is 5.75. The lowest BCUT2D eigenvalue weighted by Gasteiger charge is -2.33. The van der Waals surface area contributed by atoms with E-state index in [1.165, 1.54) is 6.42 Å². The number of rotatable bonds is 5. The molecule has 0 saturated carbocycles. The minimum atomic E-state index is 0.0951. The van der Waals surface area contributed by atoms with Gasteiger partial charge >= 0.3 is 0 Å². The Morgan fingerprint density at radius 2 is 1.55 bits per heavy atom. The van der Waals surface area contributed by atoms with Crippen molar-refractivity contribution >= 4 is 11.8 Å². The number of piperidine rings is 2. The van der Waals surface area contributed by atoms with Crippen LogP contribution in [0.5, 0.6) is 5.75 Å². The summed E-state index contributed by atoms with van der Waals surface area (Å²) in [5.74, 6) is 1.22. The maximum atomic E-state index is 12.9. The molecule has 2 amide bonds. The Kier molecular flexibility index (Phi) is 6.90. The molecule has 2 aromatic rings. The van der Waals surface area contributed by atoms with Gasteiger partial charge in [-0.1, -0.05) is 23.8 Å². The summed E-state index contributed by atoms with van der Waals surface area (Å²) in [4.78, 5) is 29.5. The van der Waals surface area contributed by atoms with Crippen LogP contribution >= 0.6 is 0 Å². The van der Waals surface area contributed by atoms with Gasteiger partial charge < -0.3 is 14.5 Å². The minimum Gasteiger partial charge on any atom is -0.493 e. The average Bonchev–Trinajstić information content (AvgIpc) is 2.83. The van der Waals surface area contributed by atoms with Crippen molar-refractivity contribution in [2.24, 2.45) is 5.92 Å². The molecule has 5 heteroatoms. The molecule has 2 aliphatic rings. The van der Waals surface area contributed by atoms with Crippen LogP contribution in [0.1, 0.15) is 58.4 Å². The minimum absolute atomic E-state index is 0.0951. The molecule has 0 unspecified atom stereocenters. The van der Waals surface area contributed by atoms with E-state index in [0.29, 0.717) is 24.6 Å². The quantitative estimate of drug-likeness (QED) is 0.713. The van der Waals surface area contributed by atoms with Crippen molar-refractivity contribution in [1.82, 2.24) is 9.80 Å². The van der Waals surface area contributed by atoms with Crippen LogP contribution in [-0.2, 0) is 0 Å². The van der Waals surface area contributed by atoms with Gasteiger partial charge in [-0.05, 0) is 69.4 Å². The molecule has 164 valence electrons. The van der Waals surface area contributed by atoms with Gasteiger partial charge in [0.15, 0.2) is 0 Å². The van der Waals surface area contributed by atoms with Crippen LogP contribution in [0.4, 0.5) is 0 Å². The van der Waals surface area contributed by atoms with E-state index in [0.717, 1.165) is 62.2 Å². The van der Waals surface area contributed by atoms with Crippen molar-refractivity contribution in [2.45, 2.75) is 39.0 Å². The molecule has 2 heterocycles. The normalized spacial score (nSPS) is 19.2. The topological polar surface area (TPSA) is 49.9 Å². The number of amides is 2. The van der Waals surface area contributed by atoms with E-state index in [1.807, 2.05) is 65.3 Å². The summed E-state index contributed by atoms with van der Waals surface area (Å²) in [7, 11) is 0. The Bertz CT molecular complexity index is 920. The fraction of sp³-hybridized carbons (Fsp3) is 0.462. The number of likely N-dealkylation sites (tertiary alicyclic amines) is 2. The first-order chi connectivity index (χ1) is 15.1. The first kappa shape index (κ1) is 21.4. The molecular weight excluding hydrogens is 388 g/mol. The molecule has 0 aromatic heterocycles. The molecule has 0 radical (unpaired) electrons. The lowest BCUT2D eigenvalue weighted by atomic mass is 9.98. The third-order valence-electron chi connectivity index (χ3n) is 6.28. The van der Waals surface area contributed by atoms with Gasteiger partial charge in [0.1, 0.15) is 5.75 Å². The molecule has 0 bridgehead atoms. The van der Waals surface area contributed by atoms with Gasteiger partial charge in [-0.2, -0.15) is 0 Å². The van der Waals surface area contributed by atoms with E-state index in [-0.39, 0.29) is 11.8 Å². The van der Waals surface area contributed by atoms with E-state index < -0.39 is 0 Å². The Morgan fingerprint density at radius 3 is 2.32 bits per heavy atom. The molecule has 1 atom stereocenters. The number of ether oxygens (including phenoxy) is 1. The SMILES string of the molecule is Cc1cccc(C(=O)N2CCC[C@H](COc3cccc(C(=O)N4CCCCC4)c3)C2)c1. The molecule has 0 aliphatic carbocycles. The summed E-state index contributed by atoms with van der Waals surface area (Å²) in [5, 5.41) is 0. The molecule has 2 saturated heterocycles. The monoisotopic (exact) mass is 420 g/mol. The number of benzene rings is 2. The van der Waals surface area contributed by atoms with Crippen LogP contribution in [0, 0.1) is 12.8 Å². The molecule has 4 rings (SSSR count). The van der Waals surface area contributed by atoms with Crippen molar-refractivity contribution in [2.75, 3.05) is 32.8 Å². The van der Waals surface area contributed by atoms with Crippen LogP contribution < -0.4 is 4.74 Å². The maximum absolute atomic E-state index is 12.9. The van der Waals surface area contributed by atoms with Gasteiger partial charge in [-0.3, -0.25) is 9.59 Å². The largest absolute Gasteiger partial charge is 0.493 e. The van der Waals surface area contributed by atoms with E-state index in [2.05, 4.69) is 0 Å². The lowest BCUT2D eigenvalue weighted by Crippen LogP contribution is -2.41. The predicted molar refractivity (Wildman–Crippen MR) is 121 cm³/mol. The highest BCUT2D eigenvalue weighted by Gasteiger charge is 2.25. The first-order valence-electron chi connectivity index (χ1n) is 11.5. The Labute approximate surface area is 185 Å². The number of nitrogens with zero attached hydrogens (tertiary/aromatic N) is 2. The van der Waals surface area contributed by atoms with Crippen molar-refractivity contribution in [1.29, 1.82) is 0 Å². The van der Waals surface area contributed by atoms with Crippen LogP contribution in [0.2, 0.25) is 0 Å². The second-order valence-electron chi connectivity index (χ2n) is 8.82. The summed E-state index contributed by atoms with van der Waals surface area (Å²) < 4.78 is 6.07. The Morgan fingerprint density at radius 1 is 0.871 bits per heavy atom. The summed E-state index contributed by atoms with van der Waals surface area (Å²) in [5.41, 5.74) is 2.55. The smallest absolute Gasteiger partial charge is 0.253 e. The van der Waals surface area contributed by atoms with Gasteiger partial charge in [-0.25, -0.2) is 0 Å². The fourth-order valence-corrected chi connectivity index (χ4v) is 4.56. The zero-order chi connectivity index (χ0) is 21.6. The lowest BCUT2D eigenvalue weighted by molar-refractivity contribution is 0.0631. The van der Waals surface area contributed by atoms with Gasteiger partial charge in [-0.15, -0.1) is 0 Å². The third-order valence-corrected chi connectivity index (χ3v) is 6.28. The maximum Gasteiger partial charge on any atom is 0.253 e. The first-order valence-corrected chi connectivity index (χ1v) is 11.5. The predicted octanol–water partition coefficient (Wildman–Crippen LogP) is 4.55. The molecule has 31 heavy (non-hydrogen) atoms. The second-order valence-corrected chi connectivity index (χ2v) is 8.82. The number of aryl methyl sites for hydroxylation is 1. The highest BCUT2D eigenvalue weighted by atomic mass is 16.5. The molecule has 2 aromatic carbocycles. The van der Waals surface area contributed by atoms with Gasteiger partial charge in [0.25, 0.3) is 11.8 Å². The van der Waals surface area contributed by atoms with Gasteiger partial charge in [0, 0.05) is 43.2 Å². The molecule has 0 spiro atoms. The third kappa shape index (κ3) is 5.46. The molecular formula is C26H32N2O3. The summed E-state index contributed by atoms with van der Waals surface area (Å²) in [6.07, 6.45) is 5.41. The van der Waals surface area contributed by atoms with Gasteiger partial charge in [0.05, 0.1) is 6.61 Å². The van der Waals surface area contributed by atoms with Gasteiger partial charge in [0.2, 0.25) is 0 Å². The second kappa shape index (κ2) is 9.99. The van der Waals surface area contributed by atoms with E-state index in [1.54, 1.807) is 0 Å². The van der Waals surface area contributed by atoms with Crippen LogP contribution in [0.25, 0.3) is 0 Å². The van der Waals surface area contributed by atoms with E-state index >= 15 is 0 Å². The van der Waals surface area contributed by atoms with Crippen molar-refractivity contribution in [3.05, 3.63) is 65.2 Å². The fourth-order valence-electron chi connectivity index (χ4n) is 4.56. The van der Waals surface area contributed by atoms with Crippen LogP contribution in [0.15, 0.2) is 48.5 Å².